The van der Waals surface area contributed by atoms with Gasteiger partial charge in [0.05, 0.1) is 6.04 Å². The third-order valence-electron chi connectivity index (χ3n) is 3.42. The Balaban J connectivity index is 2.06. The summed E-state index contributed by atoms with van der Waals surface area (Å²) in [6.07, 6.45) is 0. The van der Waals surface area contributed by atoms with Gasteiger partial charge >= 0.3 is 0 Å². The summed E-state index contributed by atoms with van der Waals surface area (Å²) in [7, 11) is 3.81. The summed E-state index contributed by atoms with van der Waals surface area (Å²) in [6, 6.07) is 13.5. The Bertz CT molecular complexity index is 643. The van der Waals surface area contributed by atoms with E-state index in [4.69, 9.17) is 0 Å². The van der Waals surface area contributed by atoms with Gasteiger partial charge in [0.15, 0.2) is 0 Å². The summed E-state index contributed by atoms with van der Waals surface area (Å²) >= 11 is 3.34. The second-order valence-corrected chi connectivity index (χ2v) is 6.17. The summed E-state index contributed by atoms with van der Waals surface area (Å²) in [5, 5.41) is 2.90. The van der Waals surface area contributed by atoms with Crippen LogP contribution in [0.1, 0.15) is 22.0 Å². The van der Waals surface area contributed by atoms with Crippen LogP contribution in [0.25, 0.3) is 0 Å². The quantitative estimate of drug-likeness (QED) is 0.878. The first-order valence-corrected chi connectivity index (χ1v) is 7.72. The van der Waals surface area contributed by atoms with Gasteiger partial charge in [-0.1, -0.05) is 28.1 Å². The highest BCUT2D eigenvalue weighted by atomic mass is 79.9. The van der Waals surface area contributed by atoms with Crippen molar-refractivity contribution in [3.8, 4) is 0 Å². The van der Waals surface area contributed by atoms with Gasteiger partial charge in [-0.2, -0.15) is 0 Å². The number of halogens is 2. The number of nitrogens with zero attached hydrogens (tertiary/aromatic N) is 1. The van der Waals surface area contributed by atoms with Crippen molar-refractivity contribution < 1.29 is 9.18 Å². The molecule has 0 radical (unpaired) electrons. The van der Waals surface area contributed by atoms with Crippen LogP contribution in [-0.4, -0.2) is 31.4 Å². The second kappa shape index (κ2) is 7.51. The fourth-order valence-electron chi connectivity index (χ4n) is 2.21. The van der Waals surface area contributed by atoms with Crippen LogP contribution >= 0.6 is 15.9 Å². The maximum absolute atomic E-state index is 13.4. The van der Waals surface area contributed by atoms with Gasteiger partial charge in [-0.05, 0) is 56.1 Å². The maximum atomic E-state index is 13.4. The number of hydrogen-bond donors (Lipinski definition) is 1. The maximum Gasteiger partial charge on any atom is 0.251 e. The molecule has 1 amide bonds. The van der Waals surface area contributed by atoms with Gasteiger partial charge < -0.3 is 10.2 Å². The molecule has 5 heteroatoms. The summed E-state index contributed by atoms with van der Waals surface area (Å²) in [5.74, 6) is -0.417. The van der Waals surface area contributed by atoms with Crippen molar-refractivity contribution in [2.75, 3.05) is 20.6 Å². The third-order valence-corrected chi connectivity index (χ3v) is 3.95. The molecule has 2 aromatic rings. The molecule has 22 heavy (non-hydrogen) atoms. The van der Waals surface area contributed by atoms with Crippen molar-refractivity contribution in [2.24, 2.45) is 0 Å². The number of amides is 1. The molecule has 3 nitrogen and oxygen atoms in total. The molecule has 1 atom stereocenters. The molecule has 0 aliphatic carbocycles. The lowest BCUT2D eigenvalue weighted by Gasteiger charge is -2.25. The van der Waals surface area contributed by atoms with Crippen LogP contribution in [0.2, 0.25) is 0 Å². The molecule has 1 unspecified atom stereocenters. The Hall–Kier alpha value is -1.72. The predicted octanol–water partition coefficient (Wildman–Crippen LogP) is 3.62. The van der Waals surface area contributed by atoms with Gasteiger partial charge in [-0.3, -0.25) is 4.79 Å². The van der Waals surface area contributed by atoms with Crippen LogP contribution in [0.15, 0.2) is 53.0 Å². The van der Waals surface area contributed by atoms with Crippen molar-refractivity contribution in [1.82, 2.24) is 10.2 Å². The number of benzene rings is 2. The van der Waals surface area contributed by atoms with Crippen molar-refractivity contribution in [1.29, 1.82) is 0 Å². The Morgan fingerprint density at radius 1 is 1.23 bits per heavy atom. The van der Waals surface area contributed by atoms with E-state index in [0.29, 0.717) is 12.1 Å². The molecular formula is C17H18BrFN2O. The van der Waals surface area contributed by atoms with Crippen molar-refractivity contribution in [3.05, 3.63) is 69.9 Å². The number of carbonyl (C=O) groups is 1. The third kappa shape index (κ3) is 4.39. The number of rotatable bonds is 5. The van der Waals surface area contributed by atoms with E-state index in [2.05, 4.69) is 21.2 Å². The SMILES string of the molecule is CN(C)C(CNC(=O)c1ccc(Br)cc1)c1cccc(F)c1. The average molecular weight is 365 g/mol. The lowest BCUT2D eigenvalue weighted by atomic mass is 10.1. The van der Waals surface area contributed by atoms with Crippen LogP contribution in [0.4, 0.5) is 4.39 Å². The van der Waals surface area contributed by atoms with E-state index < -0.39 is 0 Å². The van der Waals surface area contributed by atoms with Crippen LogP contribution in [0, 0.1) is 5.82 Å². The molecule has 0 aliphatic heterocycles. The molecule has 0 spiro atoms. The molecule has 116 valence electrons. The van der Waals surface area contributed by atoms with Crippen LogP contribution in [0.3, 0.4) is 0 Å². The van der Waals surface area contributed by atoms with E-state index in [0.717, 1.165) is 10.0 Å². The first-order valence-electron chi connectivity index (χ1n) is 6.93. The Morgan fingerprint density at radius 2 is 1.91 bits per heavy atom. The fourth-order valence-corrected chi connectivity index (χ4v) is 2.47. The van der Waals surface area contributed by atoms with E-state index in [1.807, 2.05) is 37.2 Å². The minimum atomic E-state index is -0.274. The lowest BCUT2D eigenvalue weighted by molar-refractivity contribution is 0.0942. The van der Waals surface area contributed by atoms with Gasteiger partial charge in [0.25, 0.3) is 5.91 Å². The Labute approximate surface area is 138 Å². The van der Waals surface area contributed by atoms with Crippen molar-refractivity contribution in [3.63, 3.8) is 0 Å². The molecule has 0 fully saturated rings. The summed E-state index contributed by atoms with van der Waals surface area (Å²) in [4.78, 5) is 14.1. The van der Waals surface area contributed by atoms with E-state index in [9.17, 15) is 9.18 Å². The molecule has 0 heterocycles. The van der Waals surface area contributed by atoms with Crippen molar-refractivity contribution >= 4 is 21.8 Å². The monoisotopic (exact) mass is 364 g/mol. The van der Waals surface area contributed by atoms with Gasteiger partial charge in [-0.15, -0.1) is 0 Å². The molecular weight excluding hydrogens is 347 g/mol. The average Bonchev–Trinajstić information content (AvgIpc) is 2.47. The Kier molecular flexibility index (Phi) is 5.69. The van der Waals surface area contributed by atoms with Crippen molar-refractivity contribution in [2.45, 2.75) is 6.04 Å². The number of carbonyl (C=O) groups excluding carboxylic acids is 1. The van der Waals surface area contributed by atoms with E-state index in [1.54, 1.807) is 18.2 Å². The zero-order chi connectivity index (χ0) is 16.1. The fraction of sp³-hybridized carbons (Fsp3) is 0.235. The highest BCUT2D eigenvalue weighted by Crippen LogP contribution is 2.18. The second-order valence-electron chi connectivity index (χ2n) is 5.25. The van der Waals surface area contributed by atoms with Gasteiger partial charge in [-0.25, -0.2) is 4.39 Å². The number of hydrogen-bond acceptors (Lipinski definition) is 2. The summed E-state index contributed by atoms with van der Waals surface area (Å²) in [6.45, 7) is 0.408. The summed E-state index contributed by atoms with van der Waals surface area (Å²) in [5.41, 5.74) is 1.43. The van der Waals surface area contributed by atoms with Gasteiger partial charge in [0.1, 0.15) is 5.82 Å². The zero-order valence-corrected chi connectivity index (χ0v) is 14.1. The molecule has 0 saturated heterocycles. The highest BCUT2D eigenvalue weighted by Gasteiger charge is 2.16. The smallest absolute Gasteiger partial charge is 0.251 e. The molecule has 2 rings (SSSR count). The van der Waals surface area contributed by atoms with E-state index in [-0.39, 0.29) is 17.8 Å². The van der Waals surface area contributed by atoms with Gasteiger partial charge in [0.2, 0.25) is 0 Å². The summed E-state index contributed by atoms with van der Waals surface area (Å²) < 4.78 is 14.3. The topological polar surface area (TPSA) is 32.3 Å². The highest BCUT2D eigenvalue weighted by molar-refractivity contribution is 9.10. The molecule has 0 aromatic heterocycles. The largest absolute Gasteiger partial charge is 0.350 e. The minimum absolute atomic E-state index is 0.0879. The standard InChI is InChI=1S/C17H18BrFN2O/c1-21(2)16(13-4-3-5-15(19)10-13)11-20-17(22)12-6-8-14(18)9-7-12/h3-10,16H,11H2,1-2H3,(H,20,22). The lowest BCUT2D eigenvalue weighted by Crippen LogP contribution is -2.34. The van der Waals surface area contributed by atoms with Crippen LogP contribution in [-0.2, 0) is 0 Å². The molecule has 0 aliphatic rings. The number of nitrogens with one attached hydrogen (secondary N) is 1. The Morgan fingerprint density at radius 3 is 2.50 bits per heavy atom. The number of likely N-dealkylation sites (N-methyl/N-ethyl adjacent to an activating group) is 1. The first-order chi connectivity index (χ1) is 10.5. The van der Waals surface area contributed by atoms with Gasteiger partial charge in [0, 0.05) is 16.6 Å². The van der Waals surface area contributed by atoms with Crippen LogP contribution < -0.4 is 5.32 Å². The van der Waals surface area contributed by atoms with Crippen LogP contribution in [0.5, 0.6) is 0 Å². The molecule has 0 saturated carbocycles. The molecule has 2 aromatic carbocycles. The minimum Gasteiger partial charge on any atom is -0.350 e. The molecule has 1 N–H and O–H groups in total. The van der Waals surface area contributed by atoms with E-state index >= 15 is 0 Å². The predicted molar refractivity (Wildman–Crippen MR) is 89.3 cm³/mol. The first kappa shape index (κ1) is 16.6. The zero-order valence-electron chi connectivity index (χ0n) is 12.5. The molecule has 0 bridgehead atoms. The normalized spacial score (nSPS) is 12.2. The van der Waals surface area contributed by atoms with E-state index in [1.165, 1.54) is 12.1 Å².